The van der Waals surface area contributed by atoms with Crippen LogP contribution in [0.4, 0.5) is 0 Å². The quantitative estimate of drug-likeness (QED) is 0.660. The van der Waals surface area contributed by atoms with E-state index in [0.717, 1.165) is 33.6 Å². The van der Waals surface area contributed by atoms with Crippen LogP contribution in [0.25, 0.3) is 22.1 Å². The summed E-state index contributed by atoms with van der Waals surface area (Å²) >= 11 is 0. The van der Waals surface area contributed by atoms with Crippen molar-refractivity contribution in [2.24, 2.45) is 0 Å². The van der Waals surface area contributed by atoms with Crippen molar-refractivity contribution < 1.29 is 13.9 Å². The Morgan fingerprint density at radius 2 is 1.75 bits per heavy atom. The van der Waals surface area contributed by atoms with Gasteiger partial charge in [-0.3, -0.25) is 0 Å². The molecular weight excluding hydrogens is 304 g/mol. The van der Waals surface area contributed by atoms with Gasteiger partial charge in [-0.15, -0.1) is 0 Å². The molecule has 0 saturated carbocycles. The Morgan fingerprint density at radius 3 is 2.38 bits per heavy atom. The third-order valence-electron chi connectivity index (χ3n) is 3.87. The Balaban J connectivity index is 2.21. The van der Waals surface area contributed by atoms with E-state index < -0.39 is 0 Å². The van der Waals surface area contributed by atoms with Crippen LogP contribution >= 0.6 is 0 Å². The van der Waals surface area contributed by atoms with Crippen molar-refractivity contribution in [2.75, 3.05) is 7.11 Å². The van der Waals surface area contributed by atoms with Gasteiger partial charge in [0, 0.05) is 17.0 Å². The molecule has 0 fully saturated rings. The molecule has 2 aromatic carbocycles. The summed E-state index contributed by atoms with van der Waals surface area (Å²) in [6.45, 7) is 5.84. The van der Waals surface area contributed by atoms with Crippen LogP contribution in [0.1, 0.15) is 19.4 Å². The molecule has 4 heteroatoms. The third-order valence-corrected chi connectivity index (χ3v) is 3.87. The molecule has 0 atom stereocenters. The zero-order valence-corrected chi connectivity index (χ0v) is 14.3. The van der Waals surface area contributed by atoms with E-state index in [2.05, 4.69) is 0 Å². The summed E-state index contributed by atoms with van der Waals surface area (Å²) in [6, 6.07) is 13.0. The topological polar surface area (TPSA) is 48.7 Å². The molecule has 0 N–H and O–H groups in total. The summed E-state index contributed by atoms with van der Waals surface area (Å²) in [5.74, 6) is 1.50. The number of methoxy groups -OCH3 is 1. The van der Waals surface area contributed by atoms with E-state index in [4.69, 9.17) is 13.9 Å². The van der Waals surface area contributed by atoms with E-state index in [1.165, 1.54) is 6.07 Å². The summed E-state index contributed by atoms with van der Waals surface area (Å²) < 4.78 is 16.4. The van der Waals surface area contributed by atoms with Crippen LogP contribution < -0.4 is 15.1 Å². The summed E-state index contributed by atoms with van der Waals surface area (Å²) in [5, 5.41) is 0.883. The lowest BCUT2D eigenvalue weighted by Gasteiger charge is -2.14. The molecule has 24 heavy (non-hydrogen) atoms. The molecule has 4 nitrogen and oxygen atoms in total. The predicted octanol–water partition coefficient (Wildman–Crippen LogP) is 4.56. The van der Waals surface area contributed by atoms with Gasteiger partial charge in [-0.25, -0.2) is 4.79 Å². The first-order chi connectivity index (χ1) is 11.5. The van der Waals surface area contributed by atoms with Gasteiger partial charge in [0.1, 0.15) is 17.1 Å². The normalized spacial score (nSPS) is 11.0. The minimum absolute atomic E-state index is 0.0534. The highest BCUT2D eigenvalue weighted by Gasteiger charge is 2.14. The molecule has 0 radical (unpaired) electrons. The zero-order valence-electron chi connectivity index (χ0n) is 14.3. The summed E-state index contributed by atoms with van der Waals surface area (Å²) in [5.41, 5.74) is 2.78. The molecular formula is C20H20O4. The summed E-state index contributed by atoms with van der Waals surface area (Å²) in [7, 11) is 1.63. The largest absolute Gasteiger partial charge is 0.497 e. The number of benzene rings is 2. The van der Waals surface area contributed by atoms with E-state index >= 15 is 0 Å². The first kappa shape index (κ1) is 16.1. The van der Waals surface area contributed by atoms with Gasteiger partial charge in [-0.1, -0.05) is 12.1 Å². The second-order valence-corrected chi connectivity index (χ2v) is 5.94. The zero-order chi connectivity index (χ0) is 17.3. The van der Waals surface area contributed by atoms with Crippen molar-refractivity contribution in [3.8, 4) is 22.6 Å². The first-order valence-electron chi connectivity index (χ1n) is 7.88. The monoisotopic (exact) mass is 324 g/mol. The van der Waals surface area contributed by atoms with Crippen molar-refractivity contribution in [3.05, 3.63) is 58.4 Å². The first-order valence-corrected chi connectivity index (χ1v) is 7.88. The lowest BCUT2D eigenvalue weighted by molar-refractivity contribution is 0.241. The van der Waals surface area contributed by atoms with Crippen LogP contribution in [0, 0.1) is 6.92 Å². The van der Waals surface area contributed by atoms with Crippen molar-refractivity contribution in [1.82, 2.24) is 0 Å². The van der Waals surface area contributed by atoms with Gasteiger partial charge in [0.15, 0.2) is 0 Å². The number of rotatable bonds is 4. The highest BCUT2D eigenvalue weighted by Crippen LogP contribution is 2.33. The van der Waals surface area contributed by atoms with Gasteiger partial charge in [0.25, 0.3) is 0 Å². The molecule has 0 aliphatic heterocycles. The average Bonchev–Trinajstić information content (AvgIpc) is 2.57. The summed E-state index contributed by atoms with van der Waals surface area (Å²) in [4.78, 5) is 12.1. The number of ether oxygens (including phenoxy) is 2. The van der Waals surface area contributed by atoms with Crippen molar-refractivity contribution in [1.29, 1.82) is 0 Å². The molecule has 0 aliphatic rings. The fraction of sp³-hybridized carbons (Fsp3) is 0.250. The van der Waals surface area contributed by atoms with Crippen LogP contribution in [0.2, 0.25) is 0 Å². The molecule has 3 rings (SSSR count). The minimum atomic E-state index is -0.377. The Hall–Kier alpha value is -2.75. The number of fused-ring (bicyclic) bond motifs is 1. The van der Waals surface area contributed by atoms with Crippen LogP contribution in [-0.4, -0.2) is 13.2 Å². The fourth-order valence-corrected chi connectivity index (χ4v) is 2.73. The fourth-order valence-electron chi connectivity index (χ4n) is 2.73. The second-order valence-electron chi connectivity index (χ2n) is 5.94. The Kier molecular flexibility index (Phi) is 4.30. The standard InChI is InChI=1S/C20H20O4/c1-12(2)23-18-10-9-16-17(11-19(21)24-20(16)13(18)3)14-5-7-15(22-4)8-6-14/h5-12H,1-4H3. The van der Waals surface area contributed by atoms with Crippen molar-refractivity contribution in [2.45, 2.75) is 26.9 Å². The molecule has 0 aliphatic carbocycles. The molecule has 124 valence electrons. The third kappa shape index (κ3) is 3.00. The minimum Gasteiger partial charge on any atom is -0.497 e. The molecule has 1 aromatic heterocycles. The molecule has 1 heterocycles. The van der Waals surface area contributed by atoms with E-state index in [1.54, 1.807) is 7.11 Å². The molecule has 0 spiro atoms. The molecule has 0 amide bonds. The van der Waals surface area contributed by atoms with Gasteiger partial charge in [0.2, 0.25) is 0 Å². The molecule has 3 aromatic rings. The maximum Gasteiger partial charge on any atom is 0.336 e. The Labute approximate surface area is 140 Å². The van der Waals surface area contributed by atoms with Crippen LogP contribution in [0.5, 0.6) is 11.5 Å². The lowest BCUT2D eigenvalue weighted by atomic mass is 10.00. The predicted molar refractivity (Wildman–Crippen MR) is 95.0 cm³/mol. The van der Waals surface area contributed by atoms with Gasteiger partial charge >= 0.3 is 5.63 Å². The van der Waals surface area contributed by atoms with Crippen LogP contribution in [0.15, 0.2) is 51.7 Å². The molecule has 0 saturated heterocycles. The van der Waals surface area contributed by atoms with Gasteiger partial charge in [0.05, 0.1) is 13.2 Å². The maximum atomic E-state index is 12.1. The van der Waals surface area contributed by atoms with Crippen molar-refractivity contribution in [3.63, 3.8) is 0 Å². The SMILES string of the molecule is COc1ccc(-c2cc(=O)oc3c(C)c(OC(C)C)ccc23)cc1. The van der Waals surface area contributed by atoms with E-state index in [0.29, 0.717) is 5.58 Å². The van der Waals surface area contributed by atoms with E-state index in [-0.39, 0.29) is 11.7 Å². The number of hydrogen-bond acceptors (Lipinski definition) is 4. The molecule has 0 bridgehead atoms. The van der Waals surface area contributed by atoms with Crippen LogP contribution in [-0.2, 0) is 0 Å². The van der Waals surface area contributed by atoms with Crippen molar-refractivity contribution >= 4 is 11.0 Å². The lowest BCUT2D eigenvalue weighted by Crippen LogP contribution is -2.07. The van der Waals surface area contributed by atoms with Gasteiger partial charge < -0.3 is 13.9 Å². The second kappa shape index (κ2) is 6.40. The Morgan fingerprint density at radius 1 is 1.04 bits per heavy atom. The molecule has 0 unspecified atom stereocenters. The van der Waals surface area contributed by atoms with Crippen LogP contribution in [0.3, 0.4) is 0 Å². The van der Waals surface area contributed by atoms with Gasteiger partial charge in [-0.05, 0) is 56.2 Å². The Bertz CT molecular complexity index is 921. The number of hydrogen-bond donors (Lipinski definition) is 0. The smallest absolute Gasteiger partial charge is 0.336 e. The summed E-state index contributed by atoms with van der Waals surface area (Å²) in [6.07, 6.45) is 0.0534. The van der Waals surface area contributed by atoms with Gasteiger partial charge in [-0.2, -0.15) is 0 Å². The maximum absolute atomic E-state index is 12.1. The average molecular weight is 324 g/mol. The van der Waals surface area contributed by atoms with E-state index in [9.17, 15) is 4.79 Å². The highest BCUT2D eigenvalue weighted by atomic mass is 16.5. The highest BCUT2D eigenvalue weighted by molar-refractivity contribution is 5.95. The van der Waals surface area contributed by atoms with E-state index in [1.807, 2.05) is 57.2 Å². The number of aryl methyl sites for hydroxylation is 1.